The van der Waals surface area contributed by atoms with Crippen molar-refractivity contribution >= 4 is 35.9 Å². The number of allylic oxidation sites excluding steroid dienone is 2. The van der Waals surface area contributed by atoms with Crippen LogP contribution in [0.15, 0.2) is 11.8 Å². The normalized spacial score (nSPS) is 21.2. The Bertz CT molecular complexity index is 1320. The fourth-order valence-corrected chi connectivity index (χ4v) is 8.67. The lowest BCUT2D eigenvalue weighted by atomic mass is 9.79. The first-order chi connectivity index (χ1) is 16.7. The maximum absolute atomic E-state index is 14.9. The Kier molecular flexibility index (Phi) is 8.15. The largest absolute Gasteiger partial charge is 0.517 e. The van der Waals surface area contributed by atoms with Gasteiger partial charge in [0.05, 0.1) is 5.70 Å². The summed E-state index contributed by atoms with van der Waals surface area (Å²) in [4.78, 5) is 11.9. The third-order valence-corrected chi connectivity index (χ3v) is 11.6. The standard InChI is InChI=1S/C17H21F9N2O7S3/c1-13(2)9-11(8-12(29)10-13)28(38(34,35)17(24,25)26)37(32,33)16(22,23)14(18,19)15(20,21)36(30,31)27-6-4-3-5-7-27/h8H,3-7,9-10H2,1-2H3. The average molecular weight is 633 g/mol. The zero-order valence-corrected chi connectivity index (χ0v) is 21.9. The lowest BCUT2D eigenvalue weighted by molar-refractivity contribution is -0.245. The van der Waals surface area contributed by atoms with E-state index in [1.165, 1.54) is 0 Å². The third-order valence-electron chi connectivity index (χ3n) is 5.64. The molecule has 0 aromatic rings. The zero-order chi connectivity index (χ0) is 30.0. The lowest BCUT2D eigenvalue weighted by Crippen LogP contribution is -2.66. The van der Waals surface area contributed by atoms with Gasteiger partial charge in [0, 0.05) is 25.6 Å². The summed E-state index contributed by atoms with van der Waals surface area (Å²) in [6, 6.07) is 0. The van der Waals surface area contributed by atoms with Gasteiger partial charge in [0.25, 0.3) is 10.0 Å². The highest BCUT2D eigenvalue weighted by Crippen LogP contribution is 2.54. The predicted octanol–water partition coefficient (Wildman–Crippen LogP) is 3.38. The van der Waals surface area contributed by atoms with Crippen molar-refractivity contribution in [1.82, 2.24) is 8.02 Å². The van der Waals surface area contributed by atoms with Crippen LogP contribution in [-0.4, -0.2) is 74.1 Å². The summed E-state index contributed by atoms with van der Waals surface area (Å²) in [5, 5.41) is -14.4. The fourth-order valence-electron chi connectivity index (χ4n) is 3.83. The molecule has 2 aliphatic rings. The SMILES string of the molecule is CC1(C)CC(=O)C=C(N(S(=O)(=O)C(F)(F)F)S(=O)(=O)C(F)(F)C(F)(F)C(F)(F)S(=O)(=O)N2CCCCC2)C1. The smallest absolute Gasteiger partial charge is 0.295 e. The van der Waals surface area contributed by atoms with E-state index in [9.17, 15) is 69.6 Å². The number of carbonyl (C=O) groups excluding carboxylic acids is 1. The van der Waals surface area contributed by atoms with E-state index in [0.717, 1.165) is 13.8 Å². The first-order valence-corrected chi connectivity index (χ1v) is 14.7. The molecule has 38 heavy (non-hydrogen) atoms. The molecule has 222 valence electrons. The van der Waals surface area contributed by atoms with Gasteiger partial charge in [-0.1, -0.05) is 20.3 Å². The molecule has 0 bridgehead atoms. The van der Waals surface area contributed by atoms with Gasteiger partial charge < -0.3 is 0 Å². The highest BCUT2D eigenvalue weighted by atomic mass is 32.3. The Balaban J connectivity index is 2.81. The van der Waals surface area contributed by atoms with Crippen molar-refractivity contribution in [3.05, 3.63) is 11.8 Å². The molecule has 0 radical (unpaired) electrons. The van der Waals surface area contributed by atoms with Gasteiger partial charge in [0.15, 0.2) is 5.78 Å². The van der Waals surface area contributed by atoms with Gasteiger partial charge >= 0.3 is 42.0 Å². The van der Waals surface area contributed by atoms with Crippen molar-refractivity contribution in [2.45, 2.75) is 67.9 Å². The molecule has 0 unspecified atom stereocenters. The fraction of sp³-hybridized carbons (Fsp3) is 0.824. The van der Waals surface area contributed by atoms with E-state index in [1.807, 2.05) is 0 Å². The van der Waals surface area contributed by atoms with Gasteiger partial charge in [0.2, 0.25) is 0 Å². The molecular formula is C17H21F9N2O7S3. The van der Waals surface area contributed by atoms with Gasteiger partial charge in [-0.3, -0.25) is 4.79 Å². The van der Waals surface area contributed by atoms with E-state index < -0.39 is 98.5 Å². The van der Waals surface area contributed by atoms with E-state index in [2.05, 4.69) is 0 Å². The molecule has 0 atom stereocenters. The van der Waals surface area contributed by atoms with Gasteiger partial charge in [0.1, 0.15) is 0 Å². The van der Waals surface area contributed by atoms with E-state index >= 15 is 0 Å². The van der Waals surface area contributed by atoms with Crippen molar-refractivity contribution in [1.29, 1.82) is 0 Å². The summed E-state index contributed by atoms with van der Waals surface area (Å²) in [5.74, 6) is -8.81. The van der Waals surface area contributed by atoms with Gasteiger partial charge in [-0.05, 0) is 24.7 Å². The maximum atomic E-state index is 14.9. The molecule has 0 amide bonds. The number of alkyl halides is 9. The molecule has 1 aliphatic heterocycles. The summed E-state index contributed by atoms with van der Waals surface area (Å²) in [6.45, 7) is 0.417. The molecule has 1 aliphatic carbocycles. The highest BCUT2D eigenvalue weighted by Gasteiger charge is 2.84. The predicted molar refractivity (Wildman–Crippen MR) is 111 cm³/mol. The summed E-state index contributed by atoms with van der Waals surface area (Å²) in [5.41, 5.74) is -10.3. The van der Waals surface area contributed by atoms with Crippen LogP contribution in [0.1, 0.15) is 46.0 Å². The topological polar surface area (TPSA) is 126 Å². The second kappa shape index (κ2) is 9.50. The third kappa shape index (κ3) is 5.02. The molecule has 9 nitrogen and oxygen atoms in total. The van der Waals surface area contributed by atoms with Gasteiger partial charge in [-0.2, -0.15) is 64.4 Å². The van der Waals surface area contributed by atoms with Crippen molar-refractivity contribution < 1.29 is 69.6 Å². The minimum atomic E-state index is -8.09. The van der Waals surface area contributed by atoms with Crippen molar-refractivity contribution in [3.8, 4) is 0 Å². The second-order valence-corrected chi connectivity index (χ2v) is 15.2. The number of ketones is 1. The number of nitrogens with zero attached hydrogens (tertiary/aromatic N) is 2. The van der Waals surface area contributed by atoms with Crippen LogP contribution in [0.25, 0.3) is 0 Å². The van der Waals surface area contributed by atoms with Crippen LogP contribution in [0.2, 0.25) is 0 Å². The number of carbonyl (C=O) groups is 1. The number of halogens is 9. The maximum Gasteiger partial charge on any atom is 0.517 e. The lowest BCUT2D eigenvalue weighted by Gasteiger charge is -2.39. The van der Waals surface area contributed by atoms with E-state index in [0.29, 0.717) is 0 Å². The van der Waals surface area contributed by atoms with Crippen LogP contribution in [-0.2, 0) is 34.9 Å². The quantitative estimate of drug-likeness (QED) is 0.376. The first-order valence-electron chi connectivity index (χ1n) is 10.4. The molecule has 0 aromatic heterocycles. The van der Waals surface area contributed by atoms with Gasteiger partial charge in [-0.15, -0.1) is 0 Å². The van der Waals surface area contributed by atoms with Crippen molar-refractivity contribution in [3.63, 3.8) is 0 Å². The molecule has 2 rings (SSSR count). The molecule has 0 aromatic carbocycles. The Morgan fingerprint density at radius 1 is 0.763 bits per heavy atom. The number of rotatable bonds is 8. The monoisotopic (exact) mass is 632 g/mol. The number of piperidine rings is 1. The Morgan fingerprint density at radius 2 is 1.24 bits per heavy atom. The Hall–Kier alpha value is -1.61. The van der Waals surface area contributed by atoms with Gasteiger partial charge in [-0.25, -0.2) is 8.42 Å². The minimum Gasteiger partial charge on any atom is -0.295 e. The molecule has 1 saturated heterocycles. The Morgan fingerprint density at radius 3 is 1.66 bits per heavy atom. The summed E-state index contributed by atoms with van der Waals surface area (Å²) >= 11 is 0. The van der Waals surface area contributed by atoms with Crippen LogP contribution >= 0.6 is 0 Å². The van der Waals surface area contributed by atoms with Crippen LogP contribution in [0.4, 0.5) is 39.5 Å². The van der Waals surface area contributed by atoms with E-state index in [-0.39, 0.29) is 29.6 Å². The van der Waals surface area contributed by atoms with Crippen LogP contribution in [0.3, 0.4) is 0 Å². The molecule has 21 heteroatoms. The zero-order valence-electron chi connectivity index (χ0n) is 19.4. The molecule has 0 N–H and O–H groups in total. The van der Waals surface area contributed by atoms with Crippen LogP contribution in [0, 0.1) is 5.41 Å². The number of hydrogen-bond donors (Lipinski definition) is 0. The molecule has 1 fully saturated rings. The van der Waals surface area contributed by atoms with Crippen LogP contribution < -0.4 is 0 Å². The summed E-state index contributed by atoms with van der Waals surface area (Å²) < 4.78 is 199. The minimum absolute atomic E-state index is 0.150. The highest BCUT2D eigenvalue weighted by molar-refractivity contribution is 8.05. The van der Waals surface area contributed by atoms with Crippen LogP contribution in [0.5, 0.6) is 0 Å². The first kappa shape index (κ1) is 32.6. The molecule has 0 spiro atoms. The summed E-state index contributed by atoms with van der Waals surface area (Å²) in [7, 11) is -22.5. The average Bonchev–Trinajstić information content (AvgIpc) is 2.71. The molecular weight excluding hydrogens is 611 g/mol. The number of sulfonamides is 3. The van der Waals surface area contributed by atoms with E-state index in [1.54, 1.807) is 0 Å². The van der Waals surface area contributed by atoms with Crippen molar-refractivity contribution in [2.75, 3.05) is 13.1 Å². The number of hydrogen-bond acceptors (Lipinski definition) is 7. The Labute approximate surface area is 211 Å². The molecule has 1 heterocycles. The van der Waals surface area contributed by atoms with Crippen molar-refractivity contribution in [2.24, 2.45) is 5.41 Å². The summed E-state index contributed by atoms with van der Waals surface area (Å²) in [6.07, 6.45) is -2.02. The van der Waals surface area contributed by atoms with E-state index in [4.69, 9.17) is 0 Å². The second-order valence-electron chi connectivity index (χ2n) is 9.35. The molecule has 0 saturated carbocycles.